The Morgan fingerprint density at radius 2 is 1.50 bits per heavy atom. The third-order valence-electron chi connectivity index (χ3n) is 3.86. The molecule has 2 aliphatic rings. The second-order valence-electron chi connectivity index (χ2n) is 4.91. The van der Waals surface area contributed by atoms with E-state index in [0.717, 1.165) is 29.5 Å². The molecular formula is C16H10F2. The third kappa shape index (κ3) is 1.18. The second kappa shape index (κ2) is 3.29. The van der Waals surface area contributed by atoms with Crippen molar-refractivity contribution in [2.24, 2.45) is 0 Å². The summed E-state index contributed by atoms with van der Waals surface area (Å²) in [6.07, 6.45) is 1.65. The van der Waals surface area contributed by atoms with E-state index in [9.17, 15) is 8.78 Å². The van der Waals surface area contributed by atoms with Gasteiger partial charge in [-0.2, -0.15) is 0 Å². The van der Waals surface area contributed by atoms with E-state index >= 15 is 0 Å². The van der Waals surface area contributed by atoms with Crippen LogP contribution in [0.5, 0.6) is 0 Å². The van der Waals surface area contributed by atoms with Crippen LogP contribution in [-0.4, -0.2) is 0 Å². The quantitative estimate of drug-likeness (QED) is 0.655. The van der Waals surface area contributed by atoms with Gasteiger partial charge in [-0.05, 0) is 52.8 Å². The van der Waals surface area contributed by atoms with Gasteiger partial charge in [0.25, 0.3) is 0 Å². The van der Waals surface area contributed by atoms with Gasteiger partial charge in [-0.15, -0.1) is 0 Å². The number of hydrogen-bond donors (Lipinski definition) is 0. The lowest BCUT2D eigenvalue weighted by Gasteiger charge is -2.08. The molecule has 0 atom stereocenters. The van der Waals surface area contributed by atoms with Crippen molar-refractivity contribution in [2.45, 2.75) is 12.8 Å². The molecule has 0 bridgehead atoms. The SMILES string of the molecule is Fc1cc2c(cc1F)C1=C(Cc3ccccc31)C2. The molecule has 0 saturated heterocycles. The van der Waals surface area contributed by atoms with Crippen molar-refractivity contribution in [1.29, 1.82) is 0 Å². The zero-order valence-corrected chi connectivity index (χ0v) is 9.63. The summed E-state index contributed by atoms with van der Waals surface area (Å²) in [5.74, 6) is -1.50. The first-order chi connectivity index (χ1) is 8.74. The first kappa shape index (κ1) is 10.0. The zero-order chi connectivity index (χ0) is 12.3. The number of fused-ring (bicyclic) bond motifs is 4. The lowest BCUT2D eigenvalue weighted by molar-refractivity contribution is 0.507. The van der Waals surface area contributed by atoms with Crippen LogP contribution in [0.2, 0.25) is 0 Å². The molecule has 0 fully saturated rings. The average Bonchev–Trinajstić information content (AvgIpc) is 2.86. The second-order valence-corrected chi connectivity index (χ2v) is 4.91. The fourth-order valence-corrected chi connectivity index (χ4v) is 3.11. The summed E-state index contributed by atoms with van der Waals surface area (Å²) in [6, 6.07) is 10.9. The minimum absolute atomic E-state index is 0.747. The Hall–Kier alpha value is -1.96. The molecular weight excluding hydrogens is 230 g/mol. The monoisotopic (exact) mass is 240 g/mol. The molecule has 2 aromatic carbocycles. The Morgan fingerprint density at radius 3 is 2.39 bits per heavy atom. The number of allylic oxidation sites excluding steroid dienone is 1. The van der Waals surface area contributed by atoms with Crippen molar-refractivity contribution in [3.63, 3.8) is 0 Å². The maximum Gasteiger partial charge on any atom is 0.159 e. The molecule has 2 aromatic rings. The van der Waals surface area contributed by atoms with E-state index in [1.54, 1.807) is 0 Å². The minimum atomic E-state index is -0.758. The van der Waals surface area contributed by atoms with Gasteiger partial charge in [0.05, 0.1) is 0 Å². The maximum absolute atomic E-state index is 13.4. The van der Waals surface area contributed by atoms with Crippen molar-refractivity contribution in [2.75, 3.05) is 0 Å². The Labute approximate surface area is 104 Å². The molecule has 0 heterocycles. The third-order valence-corrected chi connectivity index (χ3v) is 3.86. The Morgan fingerprint density at radius 1 is 0.778 bits per heavy atom. The standard InChI is InChI=1S/C16H10F2/c17-14-7-10-6-11-5-9-3-1-2-4-12(9)16(11)13(10)8-15(14)18/h1-4,7-8H,5-6H2. The molecule has 2 heteroatoms. The van der Waals surface area contributed by atoms with Crippen LogP contribution in [0.15, 0.2) is 42.0 Å². The molecule has 0 saturated carbocycles. The molecule has 0 amide bonds. The van der Waals surface area contributed by atoms with E-state index in [-0.39, 0.29) is 0 Å². The van der Waals surface area contributed by atoms with E-state index in [2.05, 4.69) is 12.1 Å². The summed E-state index contributed by atoms with van der Waals surface area (Å²) in [5.41, 5.74) is 6.66. The number of hydrogen-bond acceptors (Lipinski definition) is 0. The van der Waals surface area contributed by atoms with Gasteiger partial charge in [0.2, 0.25) is 0 Å². The summed E-state index contributed by atoms with van der Waals surface area (Å²) in [4.78, 5) is 0. The Kier molecular flexibility index (Phi) is 1.83. The summed E-state index contributed by atoms with van der Waals surface area (Å²) in [6.45, 7) is 0. The zero-order valence-electron chi connectivity index (χ0n) is 9.63. The summed E-state index contributed by atoms with van der Waals surface area (Å²) >= 11 is 0. The molecule has 18 heavy (non-hydrogen) atoms. The lowest BCUT2D eigenvalue weighted by Crippen LogP contribution is -1.95. The highest BCUT2D eigenvalue weighted by molar-refractivity contribution is 5.91. The van der Waals surface area contributed by atoms with Crippen molar-refractivity contribution >= 4 is 5.57 Å². The van der Waals surface area contributed by atoms with Gasteiger partial charge in [-0.3, -0.25) is 0 Å². The fourth-order valence-electron chi connectivity index (χ4n) is 3.11. The van der Waals surface area contributed by atoms with Crippen LogP contribution in [0, 0.1) is 11.6 Å². The first-order valence-electron chi connectivity index (χ1n) is 6.02. The van der Waals surface area contributed by atoms with Crippen LogP contribution in [0.1, 0.15) is 22.3 Å². The van der Waals surface area contributed by atoms with Crippen molar-refractivity contribution < 1.29 is 8.78 Å². The van der Waals surface area contributed by atoms with Crippen molar-refractivity contribution in [3.05, 3.63) is 75.9 Å². The number of halogens is 2. The van der Waals surface area contributed by atoms with Gasteiger partial charge in [0, 0.05) is 0 Å². The molecule has 4 rings (SSSR count). The summed E-state index contributed by atoms with van der Waals surface area (Å²) in [7, 11) is 0. The molecule has 0 N–H and O–H groups in total. The van der Waals surface area contributed by atoms with E-state index in [1.807, 2.05) is 12.1 Å². The van der Waals surface area contributed by atoms with Crippen LogP contribution in [0.25, 0.3) is 5.57 Å². The predicted molar refractivity (Wildman–Crippen MR) is 66.2 cm³/mol. The molecule has 0 unspecified atom stereocenters. The molecule has 2 aliphatic carbocycles. The topological polar surface area (TPSA) is 0 Å². The highest BCUT2D eigenvalue weighted by Crippen LogP contribution is 2.45. The fraction of sp³-hybridized carbons (Fsp3) is 0.125. The van der Waals surface area contributed by atoms with Gasteiger partial charge in [0.1, 0.15) is 0 Å². The van der Waals surface area contributed by atoms with E-state index < -0.39 is 11.6 Å². The molecule has 0 nitrogen and oxygen atoms in total. The van der Waals surface area contributed by atoms with Gasteiger partial charge < -0.3 is 0 Å². The van der Waals surface area contributed by atoms with E-state index in [4.69, 9.17) is 0 Å². The van der Waals surface area contributed by atoms with Crippen LogP contribution >= 0.6 is 0 Å². The largest absolute Gasteiger partial charge is 0.204 e. The average molecular weight is 240 g/mol. The predicted octanol–water partition coefficient (Wildman–Crippen LogP) is 3.88. The minimum Gasteiger partial charge on any atom is -0.204 e. The maximum atomic E-state index is 13.4. The smallest absolute Gasteiger partial charge is 0.159 e. The van der Waals surface area contributed by atoms with Crippen LogP contribution in [0.4, 0.5) is 8.78 Å². The number of benzene rings is 2. The highest BCUT2D eigenvalue weighted by atomic mass is 19.2. The van der Waals surface area contributed by atoms with Gasteiger partial charge in [-0.1, -0.05) is 29.8 Å². The van der Waals surface area contributed by atoms with Crippen molar-refractivity contribution in [3.8, 4) is 0 Å². The summed E-state index contributed by atoms with van der Waals surface area (Å²) in [5, 5.41) is 0. The molecule has 0 aromatic heterocycles. The molecule has 0 radical (unpaired) electrons. The first-order valence-corrected chi connectivity index (χ1v) is 6.02. The van der Waals surface area contributed by atoms with E-state index in [1.165, 1.54) is 28.8 Å². The van der Waals surface area contributed by atoms with Gasteiger partial charge >= 0.3 is 0 Å². The molecule has 0 aliphatic heterocycles. The van der Waals surface area contributed by atoms with Gasteiger partial charge in [-0.25, -0.2) is 8.78 Å². The molecule has 88 valence electrons. The van der Waals surface area contributed by atoms with E-state index in [0.29, 0.717) is 0 Å². The summed E-state index contributed by atoms with van der Waals surface area (Å²) < 4.78 is 26.7. The lowest BCUT2D eigenvalue weighted by atomic mass is 9.97. The van der Waals surface area contributed by atoms with Gasteiger partial charge in [0.15, 0.2) is 11.6 Å². The van der Waals surface area contributed by atoms with Crippen molar-refractivity contribution in [1.82, 2.24) is 0 Å². The normalized spacial score (nSPS) is 15.7. The van der Waals surface area contributed by atoms with Crippen LogP contribution < -0.4 is 0 Å². The van der Waals surface area contributed by atoms with Crippen LogP contribution in [-0.2, 0) is 12.8 Å². The van der Waals surface area contributed by atoms with Crippen LogP contribution in [0.3, 0.4) is 0 Å². The number of rotatable bonds is 0. The Balaban J connectivity index is 1.96. The Bertz CT molecular complexity index is 711. The molecule has 0 spiro atoms. The highest BCUT2D eigenvalue weighted by Gasteiger charge is 2.30.